The molecule has 0 amide bonds. The number of carbonyl (C=O) groups is 1. The number of rotatable bonds is 4. The topological polar surface area (TPSA) is 95.6 Å². The number of non-ortho nitro benzene ring substituents is 1. The van der Waals surface area contributed by atoms with Crippen LogP contribution in [-0.2, 0) is 6.54 Å². The fraction of sp³-hybridized carbons (Fsp3) is 0.143. The van der Waals surface area contributed by atoms with E-state index in [2.05, 4.69) is 0 Å². The summed E-state index contributed by atoms with van der Waals surface area (Å²) >= 11 is 0. The second-order valence-corrected chi connectivity index (χ2v) is 4.28. The molecule has 2 aromatic rings. The predicted octanol–water partition coefficient (Wildman–Crippen LogP) is -1.75. The molecule has 1 aromatic heterocycles. The van der Waals surface area contributed by atoms with Crippen LogP contribution in [0.25, 0.3) is 0 Å². The number of nitrogens with zero attached hydrogens (tertiary/aromatic N) is 2. The lowest BCUT2D eigenvalue weighted by Crippen LogP contribution is -3.00. The molecule has 0 fully saturated rings. The minimum Gasteiger partial charge on any atom is -1.00 e. The Balaban J connectivity index is 0.00000200. The minimum atomic E-state index is -0.503. The highest BCUT2D eigenvalue weighted by molar-refractivity contribution is 5.95. The molecule has 0 aliphatic carbocycles. The molecular formula is C14H15BrN2O4. The second kappa shape index (κ2) is 8.23. The summed E-state index contributed by atoms with van der Waals surface area (Å²) in [4.78, 5) is 22.2. The quantitative estimate of drug-likeness (QED) is 0.282. The smallest absolute Gasteiger partial charge is 0.270 e. The average Bonchev–Trinajstić information content (AvgIpc) is 2.39. The molecule has 0 saturated carbocycles. The van der Waals surface area contributed by atoms with Crippen molar-refractivity contribution in [3.05, 3.63) is 70.0 Å². The summed E-state index contributed by atoms with van der Waals surface area (Å²) in [5.41, 5.74) is 1.33. The Hall–Kier alpha value is -2.12. The van der Waals surface area contributed by atoms with Gasteiger partial charge >= 0.3 is 0 Å². The molecule has 0 aliphatic rings. The maximum Gasteiger partial charge on any atom is 0.270 e. The molecule has 21 heavy (non-hydrogen) atoms. The fourth-order valence-electron chi connectivity index (χ4n) is 1.80. The first-order chi connectivity index (χ1) is 9.06. The van der Waals surface area contributed by atoms with Crippen LogP contribution in [0.1, 0.15) is 15.9 Å². The van der Waals surface area contributed by atoms with Gasteiger partial charge in [-0.3, -0.25) is 14.9 Å². The highest BCUT2D eigenvalue weighted by Crippen LogP contribution is 2.13. The Bertz CT molecular complexity index is 646. The standard InChI is InChI=1S/C14H13N2O3.BrH.H2O/c1-11-4-3-7-15(9-11)10-14(17)12-5-2-6-13(8-12)16(18)19;;/h2-9H,10H2,1H3;1H;1H2/q+1;;/p-1. The van der Waals surface area contributed by atoms with Gasteiger partial charge in [-0.1, -0.05) is 12.1 Å². The summed E-state index contributed by atoms with van der Waals surface area (Å²) in [6, 6.07) is 9.58. The average molecular weight is 355 g/mol. The summed E-state index contributed by atoms with van der Waals surface area (Å²) in [5.74, 6) is -0.153. The van der Waals surface area contributed by atoms with Gasteiger partial charge in [-0.15, -0.1) is 0 Å². The van der Waals surface area contributed by atoms with E-state index in [1.54, 1.807) is 16.8 Å². The molecule has 0 atom stereocenters. The van der Waals surface area contributed by atoms with E-state index in [1.165, 1.54) is 18.2 Å². The van der Waals surface area contributed by atoms with Crippen molar-refractivity contribution in [2.75, 3.05) is 0 Å². The molecule has 6 nitrogen and oxygen atoms in total. The molecule has 7 heteroatoms. The van der Waals surface area contributed by atoms with E-state index < -0.39 is 4.92 Å². The van der Waals surface area contributed by atoms with E-state index in [1.807, 2.05) is 25.3 Å². The number of carbonyl (C=O) groups excluding carboxylic acids is 1. The van der Waals surface area contributed by atoms with Crippen molar-refractivity contribution in [3.8, 4) is 0 Å². The van der Waals surface area contributed by atoms with Crippen LogP contribution in [0.4, 0.5) is 5.69 Å². The van der Waals surface area contributed by atoms with Crippen molar-refractivity contribution in [2.24, 2.45) is 0 Å². The number of pyridine rings is 1. The number of nitro groups is 1. The molecule has 0 aliphatic heterocycles. The maximum atomic E-state index is 12.1. The van der Waals surface area contributed by atoms with Crippen LogP contribution in [0.3, 0.4) is 0 Å². The van der Waals surface area contributed by atoms with Crippen LogP contribution in [0.2, 0.25) is 0 Å². The van der Waals surface area contributed by atoms with E-state index in [-0.39, 0.29) is 40.5 Å². The molecular weight excluding hydrogens is 340 g/mol. The van der Waals surface area contributed by atoms with Gasteiger partial charge in [0.15, 0.2) is 12.4 Å². The molecule has 0 spiro atoms. The Kier molecular flexibility index (Phi) is 7.40. The van der Waals surface area contributed by atoms with Gasteiger partial charge in [0.1, 0.15) is 0 Å². The summed E-state index contributed by atoms with van der Waals surface area (Å²) in [6.45, 7) is 2.11. The zero-order valence-corrected chi connectivity index (χ0v) is 12.9. The predicted molar refractivity (Wildman–Crippen MR) is 72.4 cm³/mol. The van der Waals surface area contributed by atoms with Crippen LogP contribution < -0.4 is 21.5 Å². The van der Waals surface area contributed by atoms with Crippen LogP contribution >= 0.6 is 0 Å². The Morgan fingerprint density at radius 3 is 2.62 bits per heavy atom. The number of halogens is 1. The third kappa shape index (κ3) is 5.05. The SMILES string of the molecule is Cc1ccc[n+](CC(=O)c2cccc([N+](=O)[O-])c2)c1.O.[Br-]. The van der Waals surface area contributed by atoms with Crippen LogP contribution in [0.15, 0.2) is 48.8 Å². The number of benzene rings is 1. The van der Waals surface area contributed by atoms with Crippen LogP contribution in [0.5, 0.6) is 0 Å². The summed E-state index contributed by atoms with van der Waals surface area (Å²) in [7, 11) is 0. The van der Waals surface area contributed by atoms with Crippen LogP contribution in [-0.4, -0.2) is 16.2 Å². The summed E-state index contributed by atoms with van der Waals surface area (Å²) in [5, 5.41) is 10.7. The lowest BCUT2D eigenvalue weighted by molar-refractivity contribution is -0.683. The number of hydrogen-bond acceptors (Lipinski definition) is 3. The lowest BCUT2D eigenvalue weighted by Gasteiger charge is -1.99. The van der Waals surface area contributed by atoms with Gasteiger partial charge in [0.25, 0.3) is 5.69 Å². The molecule has 0 radical (unpaired) electrons. The van der Waals surface area contributed by atoms with E-state index >= 15 is 0 Å². The van der Waals surface area contributed by atoms with Crippen molar-refractivity contribution in [2.45, 2.75) is 13.5 Å². The third-order valence-electron chi connectivity index (χ3n) is 2.71. The van der Waals surface area contributed by atoms with Crippen LogP contribution in [0, 0.1) is 17.0 Å². The first-order valence-electron chi connectivity index (χ1n) is 5.79. The number of nitro benzene ring substituents is 1. The molecule has 1 aromatic carbocycles. The first-order valence-corrected chi connectivity index (χ1v) is 5.79. The largest absolute Gasteiger partial charge is 1.00 e. The van der Waals surface area contributed by atoms with E-state index in [9.17, 15) is 14.9 Å². The first kappa shape index (κ1) is 18.9. The van der Waals surface area contributed by atoms with Crippen molar-refractivity contribution in [1.29, 1.82) is 0 Å². The minimum absolute atomic E-state index is 0. The summed E-state index contributed by atoms with van der Waals surface area (Å²) in [6.07, 6.45) is 3.65. The molecule has 2 rings (SSSR count). The number of aryl methyl sites for hydroxylation is 1. The monoisotopic (exact) mass is 354 g/mol. The Labute approximate surface area is 132 Å². The zero-order valence-electron chi connectivity index (χ0n) is 11.3. The maximum absolute atomic E-state index is 12.1. The fourth-order valence-corrected chi connectivity index (χ4v) is 1.80. The van der Waals surface area contributed by atoms with Gasteiger partial charge in [0.05, 0.1) is 4.92 Å². The van der Waals surface area contributed by atoms with E-state index in [0.717, 1.165) is 5.56 Å². The van der Waals surface area contributed by atoms with Crippen molar-refractivity contribution >= 4 is 11.5 Å². The van der Waals surface area contributed by atoms with Gasteiger partial charge in [-0.05, 0) is 13.0 Å². The third-order valence-corrected chi connectivity index (χ3v) is 2.71. The van der Waals surface area contributed by atoms with E-state index in [0.29, 0.717) is 5.56 Å². The molecule has 2 N–H and O–H groups in total. The zero-order chi connectivity index (χ0) is 13.8. The molecule has 0 bridgehead atoms. The van der Waals surface area contributed by atoms with E-state index in [4.69, 9.17) is 0 Å². The number of hydrogen-bond donors (Lipinski definition) is 0. The summed E-state index contributed by atoms with van der Waals surface area (Å²) < 4.78 is 1.76. The van der Waals surface area contributed by atoms with Crippen molar-refractivity contribution < 1.29 is 36.7 Å². The van der Waals surface area contributed by atoms with Crippen molar-refractivity contribution in [1.82, 2.24) is 0 Å². The van der Waals surface area contributed by atoms with Gasteiger partial charge in [-0.25, -0.2) is 0 Å². The number of aromatic nitrogens is 1. The van der Waals surface area contributed by atoms with Gasteiger partial charge in [0.2, 0.25) is 12.3 Å². The molecule has 1 heterocycles. The molecule has 0 saturated heterocycles. The molecule has 112 valence electrons. The number of ketones is 1. The molecule has 0 unspecified atom stereocenters. The Morgan fingerprint density at radius 2 is 2.00 bits per heavy atom. The normalized spacial score (nSPS) is 9.19. The van der Waals surface area contributed by atoms with Gasteiger partial charge in [0, 0.05) is 29.3 Å². The van der Waals surface area contributed by atoms with Crippen molar-refractivity contribution in [3.63, 3.8) is 0 Å². The lowest BCUT2D eigenvalue weighted by atomic mass is 10.1. The van der Waals surface area contributed by atoms with Gasteiger partial charge in [-0.2, -0.15) is 4.57 Å². The highest BCUT2D eigenvalue weighted by Gasteiger charge is 2.15. The highest BCUT2D eigenvalue weighted by atomic mass is 79.9. The van der Waals surface area contributed by atoms with Gasteiger partial charge < -0.3 is 22.5 Å². The second-order valence-electron chi connectivity index (χ2n) is 4.28. The Morgan fingerprint density at radius 1 is 1.29 bits per heavy atom. The number of Topliss-reactive ketones (excluding diaryl/α,β-unsaturated/α-hetero) is 1.